The predicted molar refractivity (Wildman–Crippen MR) is 172 cm³/mol. The zero-order chi connectivity index (χ0) is 32.7. The maximum atomic E-state index is 14.2. The van der Waals surface area contributed by atoms with Gasteiger partial charge < -0.3 is 29.5 Å². The fourth-order valence-corrected chi connectivity index (χ4v) is 8.58. The van der Waals surface area contributed by atoms with E-state index in [0.717, 1.165) is 24.7 Å². The second kappa shape index (κ2) is 12.2. The van der Waals surface area contributed by atoms with Crippen LogP contribution >= 0.6 is 0 Å². The van der Waals surface area contributed by atoms with E-state index in [9.17, 15) is 33.0 Å². The summed E-state index contributed by atoms with van der Waals surface area (Å²) >= 11 is 0. The van der Waals surface area contributed by atoms with Crippen molar-refractivity contribution in [3.8, 4) is 11.1 Å². The van der Waals surface area contributed by atoms with Gasteiger partial charge >= 0.3 is 12.1 Å². The lowest BCUT2D eigenvalue weighted by Gasteiger charge is -2.53. The number of carbonyl (C=O) groups excluding carboxylic acids is 1. The highest BCUT2D eigenvalue weighted by atomic mass is 32.2. The number of nitrogens with zero attached hydrogens (tertiary/aromatic N) is 4. The van der Waals surface area contributed by atoms with E-state index in [1.54, 1.807) is 34.1 Å². The van der Waals surface area contributed by atoms with Gasteiger partial charge in [0, 0.05) is 62.2 Å². The number of rotatable bonds is 5. The summed E-state index contributed by atoms with van der Waals surface area (Å²) in [6.45, 7) is 1.06. The molecule has 1 spiro atoms. The summed E-state index contributed by atoms with van der Waals surface area (Å²) in [6, 6.07) is 19.0. The van der Waals surface area contributed by atoms with Crippen LogP contribution in [0.5, 0.6) is 0 Å². The Labute approximate surface area is 268 Å². The Balaban J connectivity index is 1.29. The summed E-state index contributed by atoms with van der Waals surface area (Å²) in [5.41, 5.74) is -0.659. The molecular weight excluding hydrogens is 608 g/mol. The number of carbonyl (C=O) groups is 2. The molecule has 2 atom stereocenters. The molecule has 2 aliphatic heterocycles. The molecule has 1 unspecified atom stereocenters. The molecule has 0 bridgehead atoms. The third-order valence-corrected chi connectivity index (χ3v) is 11.3. The second-order valence-electron chi connectivity index (χ2n) is 13.0. The lowest BCUT2D eigenvalue weighted by molar-refractivity contribution is -0.137. The third-order valence-electron chi connectivity index (χ3n) is 10.2. The topological polar surface area (TPSA) is 140 Å². The molecule has 244 valence electrons. The molecule has 1 saturated carbocycles. The van der Waals surface area contributed by atoms with E-state index in [1.807, 2.05) is 36.4 Å². The average Bonchev–Trinajstić information content (AvgIpc) is 3.53. The van der Waals surface area contributed by atoms with Crippen LogP contribution in [-0.4, -0.2) is 94.6 Å². The Kier molecular flexibility index (Phi) is 8.45. The van der Waals surface area contributed by atoms with Crippen LogP contribution in [0, 0.1) is 5.41 Å². The molecule has 12 heteroatoms. The summed E-state index contributed by atoms with van der Waals surface area (Å²) < 4.78 is 27.1. The van der Waals surface area contributed by atoms with Crippen molar-refractivity contribution in [2.24, 2.45) is 5.41 Å². The second-order valence-corrected chi connectivity index (χ2v) is 15.0. The normalized spacial score (nSPS) is 23.1. The number of amides is 3. The van der Waals surface area contributed by atoms with E-state index in [2.05, 4.69) is 0 Å². The van der Waals surface area contributed by atoms with Crippen LogP contribution in [0.2, 0.25) is 0 Å². The molecule has 3 aromatic rings. The largest absolute Gasteiger partial charge is 0.465 e. The fraction of sp³-hybridized carbons (Fsp3) is 0.441. The number of piperazine rings is 1. The van der Waals surface area contributed by atoms with Gasteiger partial charge in [0.15, 0.2) is 9.84 Å². The molecule has 3 amide bonds. The van der Waals surface area contributed by atoms with Crippen LogP contribution in [0.1, 0.15) is 43.7 Å². The maximum absolute atomic E-state index is 14.2. The highest BCUT2D eigenvalue weighted by Crippen LogP contribution is 2.52. The number of benzene rings is 2. The van der Waals surface area contributed by atoms with E-state index in [0.29, 0.717) is 30.5 Å². The van der Waals surface area contributed by atoms with Crippen molar-refractivity contribution >= 4 is 22.0 Å². The molecule has 46 heavy (non-hydrogen) atoms. The number of carboxylic acid groups (broad SMARTS) is 1. The van der Waals surface area contributed by atoms with Crippen LogP contribution in [-0.2, 0) is 16.4 Å². The summed E-state index contributed by atoms with van der Waals surface area (Å²) in [5, 5.41) is 22.1. The number of likely N-dealkylation sites (tertiary alicyclic amines) is 1. The van der Waals surface area contributed by atoms with Crippen LogP contribution < -0.4 is 5.56 Å². The van der Waals surface area contributed by atoms with E-state index in [1.165, 1.54) is 21.7 Å². The smallest absolute Gasteiger partial charge is 0.407 e. The standard InChI is InChI=1S/C34H40N4O7S/c1-46(44,45)29-22-37(30(39)20-27(29)25-10-4-2-5-11-25)24-34(43)16-17-36(23-33(34)14-8-9-15-33)31(40)38-19-18-35(32(41)42)21-28(38)26-12-6-3-7-13-26/h2-7,10-13,20,22,28,43H,8-9,14-19,21,23-24H2,1H3,(H,41,42)/t28-,34?/m0/s1. The van der Waals surface area contributed by atoms with E-state index in [-0.39, 0.29) is 50.1 Å². The molecule has 3 heterocycles. The Bertz CT molecular complexity index is 1770. The zero-order valence-electron chi connectivity index (χ0n) is 25.9. The molecule has 6 rings (SSSR count). The minimum Gasteiger partial charge on any atom is -0.465 e. The third kappa shape index (κ3) is 5.91. The first-order chi connectivity index (χ1) is 21.9. The molecule has 1 aromatic heterocycles. The molecule has 2 aromatic carbocycles. The van der Waals surface area contributed by atoms with Crippen LogP contribution in [0.25, 0.3) is 11.1 Å². The first-order valence-corrected chi connectivity index (χ1v) is 17.6. The number of hydrogen-bond donors (Lipinski definition) is 2. The van der Waals surface area contributed by atoms with E-state index in [4.69, 9.17) is 0 Å². The van der Waals surface area contributed by atoms with Gasteiger partial charge in [0.2, 0.25) is 0 Å². The van der Waals surface area contributed by atoms with Gasteiger partial charge in [0.1, 0.15) is 0 Å². The zero-order valence-corrected chi connectivity index (χ0v) is 26.7. The highest BCUT2D eigenvalue weighted by Gasteiger charge is 2.56. The predicted octanol–water partition coefficient (Wildman–Crippen LogP) is 4.07. The summed E-state index contributed by atoms with van der Waals surface area (Å²) in [5.74, 6) is 0. The van der Waals surface area contributed by atoms with Crippen molar-refractivity contribution in [2.45, 2.75) is 55.2 Å². The molecule has 3 aliphatic rings. The quantitative estimate of drug-likeness (QED) is 0.425. The van der Waals surface area contributed by atoms with Crippen molar-refractivity contribution < 1.29 is 28.2 Å². The van der Waals surface area contributed by atoms with Gasteiger partial charge in [-0.1, -0.05) is 73.5 Å². The summed E-state index contributed by atoms with van der Waals surface area (Å²) in [4.78, 5) is 44.3. The van der Waals surface area contributed by atoms with Crippen LogP contribution in [0.4, 0.5) is 9.59 Å². The molecule has 3 fully saturated rings. The molecule has 0 radical (unpaired) electrons. The monoisotopic (exact) mass is 648 g/mol. The Morgan fingerprint density at radius 3 is 2.20 bits per heavy atom. The van der Waals surface area contributed by atoms with E-state index >= 15 is 0 Å². The van der Waals surface area contributed by atoms with Crippen LogP contribution in [0.3, 0.4) is 0 Å². The van der Waals surface area contributed by atoms with Crippen molar-refractivity contribution in [1.29, 1.82) is 0 Å². The highest BCUT2D eigenvalue weighted by molar-refractivity contribution is 7.90. The Hall–Kier alpha value is -4.16. The maximum Gasteiger partial charge on any atom is 0.407 e. The van der Waals surface area contributed by atoms with Gasteiger partial charge in [-0.2, -0.15) is 0 Å². The number of hydrogen-bond acceptors (Lipinski definition) is 6. The number of urea groups is 1. The van der Waals surface area contributed by atoms with Gasteiger partial charge in [-0.05, 0) is 30.4 Å². The minimum atomic E-state index is -3.72. The molecule has 1 aliphatic carbocycles. The lowest BCUT2D eigenvalue weighted by Crippen LogP contribution is -2.64. The van der Waals surface area contributed by atoms with Gasteiger partial charge in [-0.3, -0.25) is 4.79 Å². The van der Waals surface area contributed by atoms with Crippen molar-refractivity contribution in [1.82, 2.24) is 19.3 Å². The number of aromatic nitrogens is 1. The van der Waals surface area contributed by atoms with Gasteiger partial charge in [0.25, 0.3) is 5.56 Å². The number of sulfone groups is 1. The van der Waals surface area contributed by atoms with Crippen molar-refractivity contribution in [3.63, 3.8) is 0 Å². The first-order valence-electron chi connectivity index (χ1n) is 15.7. The van der Waals surface area contributed by atoms with Gasteiger partial charge in [0.05, 0.1) is 23.1 Å². The van der Waals surface area contributed by atoms with Gasteiger partial charge in [-0.25, -0.2) is 18.0 Å². The molecule has 2 N–H and O–H groups in total. The van der Waals surface area contributed by atoms with Crippen molar-refractivity contribution in [3.05, 3.63) is 88.8 Å². The number of aliphatic hydroxyl groups is 1. The number of piperidine rings is 1. The average molecular weight is 649 g/mol. The molecular formula is C34H40N4O7S. The minimum absolute atomic E-state index is 0.0162. The summed E-state index contributed by atoms with van der Waals surface area (Å²) in [7, 11) is -3.72. The lowest BCUT2D eigenvalue weighted by atomic mass is 9.66. The molecule has 11 nitrogen and oxygen atoms in total. The first kappa shape index (κ1) is 31.8. The SMILES string of the molecule is CS(=O)(=O)c1cn(CC2(O)CCN(C(=O)N3CCN(C(=O)O)C[C@H]3c3ccccc3)CC23CCCC3)c(=O)cc1-c1ccccc1. The molecule has 2 saturated heterocycles. The fourth-order valence-electron chi connectivity index (χ4n) is 7.69. The van der Waals surface area contributed by atoms with Gasteiger partial charge in [-0.15, -0.1) is 0 Å². The van der Waals surface area contributed by atoms with Crippen molar-refractivity contribution in [2.75, 3.05) is 39.0 Å². The Morgan fingerprint density at radius 2 is 1.57 bits per heavy atom. The van der Waals surface area contributed by atoms with Crippen LogP contribution in [0.15, 0.2) is 82.6 Å². The Morgan fingerprint density at radius 1 is 0.913 bits per heavy atom. The summed E-state index contributed by atoms with van der Waals surface area (Å²) in [6.07, 6.45) is 4.72. The number of pyridine rings is 1. The van der Waals surface area contributed by atoms with E-state index < -0.39 is 38.5 Å².